The van der Waals surface area contributed by atoms with E-state index in [4.69, 9.17) is 14.7 Å². The topological polar surface area (TPSA) is 42.2 Å². The van der Waals surface area contributed by atoms with Crippen LogP contribution in [0.5, 0.6) is 0 Å². The normalized spacial score (nSPS) is 23.9. The van der Waals surface area contributed by atoms with Crippen molar-refractivity contribution in [3.05, 3.63) is 48.0 Å². The van der Waals surface area contributed by atoms with E-state index in [0.29, 0.717) is 24.7 Å². The number of hydrogen-bond donors (Lipinski definition) is 0. The summed E-state index contributed by atoms with van der Waals surface area (Å²) >= 11 is 0. The molecule has 1 fully saturated rings. The van der Waals surface area contributed by atoms with Crippen LogP contribution < -0.4 is 0 Å². The molecule has 0 saturated carbocycles. The van der Waals surface area contributed by atoms with Crippen LogP contribution in [0.15, 0.2) is 36.9 Å². The first-order valence-electron chi connectivity index (χ1n) is 5.67. The minimum Gasteiger partial charge on any atom is -0.348 e. The maximum atomic E-state index is 8.71. The first-order chi connectivity index (χ1) is 8.33. The van der Waals surface area contributed by atoms with Crippen molar-refractivity contribution in [2.75, 3.05) is 13.2 Å². The van der Waals surface area contributed by atoms with E-state index in [9.17, 15) is 0 Å². The van der Waals surface area contributed by atoms with Crippen molar-refractivity contribution in [2.45, 2.75) is 12.7 Å². The van der Waals surface area contributed by atoms with Gasteiger partial charge in [-0.2, -0.15) is 5.26 Å². The summed E-state index contributed by atoms with van der Waals surface area (Å²) < 4.78 is 11.3. The monoisotopic (exact) mass is 229 g/mol. The van der Waals surface area contributed by atoms with Gasteiger partial charge in [-0.15, -0.1) is 6.58 Å². The van der Waals surface area contributed by atoms with Crippen LogP contribution in [0.4, 0.5) is 0 Å². The summed E-state index contributed by atoms with van der Waals surface area (Å²) in [7, 11) is 0. The molecule has 0 bridgehead atoms. The lowest BCUT2D eigenvalue weighted by molar-refractivity contribution is -0.204. The van der Waals surface area contributed by atoms with Gasteiger partial charge in [-0.1, -0.05) is 18.2 Å². The van der Waals surface area contributed by atoms with Gasteiger partial charge in [0, 0.05) is 11.5 Å². The molecule has 1 saturated heterocycles. The molecule has 0 radical (unpaired) electrons. The van der Waals surface area contributed by atoms with Gasteiger partial charge in [-0.3, -0.25) is 0 Å². The van der Waals surface area contributed by atoms with E-state index in [-0.39, 0.29) is 6.29 Å². The van der Waals surface area contributed by atoms with E-state index in [2.05, 4.69) is 12.6 Å². The summed E-state index contributed by atoms with van der Waals surface area (Å²) in [5.41, 5.74) is 1.61. The van der Waals surface area contributed by atoms with Gasteiger partial charge >= 0.3 is 0 Å². The van der Waals surface area contributed by atoms with Crippen LogP contribution in [0.2, 0.25) is 0 Å². The molecule has 3 nitrogen and oxygen atoms in total. The summed E-state index contributed by atoms with van der Waals surface area (Å²) in [6.45, 7) is 5.09. The Hall–Kier alpha value is -1.63. The fourth-order valence-electron chi connectivity index (χ4n) is 1.82. The number of ether oxygens (including phenoxy) is 2. The van der Waals surface area contributed by atoms with E-state index in [1.807, 2.05) is 18.2 Å². The Morgan fingerprint density at radius 2 is 1.94 bits per heavy atom. The maximum absolute atomic E-state index is 8.71. The third-order valence-corrected chi connectivity index (χ3v) is 2.78. The molecular weight excluding hydrogens is 214 g/mol. The highest BCUT2D eigenvalue weighted by molar-refractivity contribution is 5.32. The molecule has 3 heteroatoms. The molecule has 1 aliphatic rings. The van der Waals surface area contributed by atoms with E-state index in [1.54, 1.807) is 12.1 Å². The molecule has 0 spiro atoms. The highest BCUT2D eigenvalue weighted by atomic mass is 16.7. The number of rotatable bonds is 3. The zero-order valence-corrected chi connectivity index (χ0v) is 9.63. The third-order valence-electron chi connectivity index (χ3n) is 2.78. The number of benzene rings is 1. The van der Waals surface area contributed by atoms with Crippen molar-refractivity contribution >= 4 is 0 Å². The fraction of sp³-hybridized carbons (Fsp3) is 0.357. The molecule has 1 aliphatic heterocycles. The molecule has 2 rings (SSSR count). The average Bonchev–Trinajstić information content (AvgIpc) is 2.40. The molecule has 0 N–H and O–H groups in total. The van der Waals surface area contributed by atoms with Crippen molar-refractivity contribution in [1.29, 1.82) is 5.26 Å². The van der Waals surface area contributed by atoms with Gasteiger partial charge in [0.15, 0.2) is 6.29 Å². The van der Waals surface area contributed by atoms with Crippen LogP contribution in [-0.4, -0.2) is 13.2 Å². The molecule has 1 aromatic rings. The van der Waals surface area contributed by atoms with Crippen LogP contribution in [-0.2, 0) is 9.47 Å². The summed E-state index contributed by atoms with van der Waals surface area (Å²) in [6.07, 6.45) is 2.50. The quantitative estimate of drug-likeness (QED) is 0.748. The smallest absolute Gasteiger partial charge is 0.183 e. The van der Waals surface area contributed by atoms with Gasteiger partial charge in [-0.05, 0) is 18.6 Å². The minimum absolute atomic E-state index is 0.302. The predicted octanol–water partition coefficient (Wildman–Crippen LogP) is 2.80. The minimum atomic E-state index is -0.302. The molecule has 0 aromatic heterocycles. The Labute approximate surface area is 101 Å². The summed E-state index contributed by atoms with van der Waals surface area (Å²) in [5.74, 6) is 0.405. The largest absolute Gasteiger partial charge is 0.348 e. The second kappa shape index (κ2) is 5.62. The van der Waals surface area contributed by atoms with Gasteiger partial charge in [0.25, 0.3) is 0 Å². The number of allylic oxidation sites excluding steroid dienone is 1. The highest BCUT2D eigenvalue weighted by Gasteiger charge is 2.22. The van der Waals surface area contributed by atoms with Gasteiger partial charge in [0.2, 0.25) is 0 Å². The Bertz CT molecular complexity index is 411. The third kappa shape index (κ3) is 2.94. The molecule has 17 heavy (non-hydrogen) atoms. The lowest BCUT2D eigenvalue weighted by atomic mass is 10.1. The molecule has 1 heterocycles. The first-order valence-corrected chi connectivity index (χ1v) is 5.67. The molecule has 0 atom stereocenters. The van der Waals surface area contributed by atoms with Gasteiger partial charge < -0.3 is 9.47 Å². The Morgan fingerprint density at radius 1 is 1.29 bits per heavy atom. The summed E-state index contributed by atoms with van der Waals surface area (Å²) in [6, 6.07) is 9.38. The Kier molecular flexibility index (Phi) is 3.92. The van der Waals surface area contributed by atoms with Crippen molar-refractivity contribution in [1.82, 2.24) is 0 Å². The maximum Gasteiger partial charge on any atom is 0.183 e. The second-order valence-electron chi connectivity index (χ2n) is 4.12. The number of nitriles is 1. The lowest BCUT2D eigenvalue weighted by Gasteiger charge is -2.29. The Balaban J connectivity index is 1.96. The van der Waals surface area contributed by atoms with Crippen LogP contribution in [0.1, 0.15) is 23.8 Å². The van der Waals surface area contributed by atoms with Crippen molar-refractivity contribution in [3.63, 3.8) is 0 Å². The molecule has 0 amide bonds. The van der Waals surface area contributed by atoms with Gasteiger partial charge in [0.05, 0.1) is 24.8 Å². The summed E-state index contributed by atoms with van der Waals surface area (Å²) in [5, 5.41) is 8.71. The van der Waals surface area contributed by atoms with Crippen LogP contribution in [0.3, 0.4) is 0 Å². The van der Waals surface area contributed by atoms with E-state index < -0.39 is 0 Å². The van der Waals surface area contributed by atoms with E-state index in [1.165, 1.54) is 0 Å². The fourth-order valence-corrected chi connectivity index (χ4v) is 1.82. The summed E-state index contributed by atoms with van der Waals surface area (Å²) in [4.78, 5) is 0. The molecule has 1 aromatic carbocycles. The van der Waals surface area contributed by atoms with Crippen LogP contribution in [0.25, 0.3) is 0 Å². The first kappa shape index (κ1) is 11.8. The zero-order valence-electron chi connectivity index (χ0n) is 9.63. The molecule has 88 valence electrons. The standard InChI is InChI=1S/C14H15NO2/c1-2-3-12-9-16-14(17-10-12)13-6-4-11(8-15)5-7-13/h2,4-7,12,14H,1,3,9-10H2/t12-,14-. The van der Waals surface area contributed by atoms with Crippen molar-refractivity contribution in [3.8, 4) is 6.07 Å². The van der Waals surface area contributed by atoms with Crippen molar-refractivity contribution in [2.24, 2.45) is 5.92 Å². The number of hydrogen-bond acceptors (Lipinski definition) is 3. The average molecular weight is 229 g/mol. The number of nitrogens with zero attached hydrogens (tertiary/aromatic N) is 1. The van der Waals surface area contributed by atoms with E-state index >= 15 is 0 Å². The van der Waals surface area contributed by atoms with Gasteiger partial charge in [0.1, 0.15) is 0 Å². The lowest BCUT2D eigenvalue weighted by Crippen LogP contribution is -2.26. The van der Waals surface area contributed by atoms with Crippen LogP contribution in [0, 0.1) is 17.2 Å². The highest BCUT2D eigenvalue weighted by Crippen LogP contribution is 2.26. The second-order valence-corrected chi connectivity index (χ2v) is 4.12. The van der Waals surface area contributed by atoms with Crippen LogP contribution >= 0.6 is 0 Å². The molecule has 0 unspecified atom stereocenters. The molecule has 0 aliphatic carbocycles. The SMILES string of the molecule is C=CC[C@H]1CO[C@H](c2ccc(C#N)cc2)OC1. The zero-order chi connectivity index (χ0) is 12.1. The van der Waals surface area contributed by atoms with Crippen molar-refractivity contribution < 1.29 is 9.47 Å². The predicted molar refractivity (Wildman–Crippen MR) is 64.1 cm³/mol. The molecular formula is C14H15NO2. The van der Waals surface area contributed by atoms with E-state index in [0.717, 1.165) is 12.0 Å². The van der Waals surface area contributed by atoms with Gasteiger partial charge in [-0.25, -0.2) is 0 Å². The Morgan fingerprint density at radius 3 is 2.47 bits per heavy atom.